The molecule has 0 aliphatic carbocycles. The van der Waals surface area contributed by atoms with Gasteiger partial charge in [-0.05, 0) is 43.7 Å². The number of aryl methyl sites for hydroxylation is 2. The second-order valence-electron chi connectivity index (χ2n) is 7.98. The van der Waals surface area contributed by atoms with Crippen LogP contribution in [0, 0.1) is 13.8 Å². The van der Waals surface area contributed by atoms with Crippen LogP contribution in [0.2, 0.25) is 0 Å². The molecule has 1 aliphatic rings. The quantitative estimate of drug-likeness (QED) is 0.562. The summed E-state index contributed by atoms with van der Waals surface area (Å²) in [4.78, 5) is 1.16. The number of sulfonamides is 1. The van der Waals surface area contributed by atoms with Gasteiger partial charge in [0.2, 0.25) is 10.0 Å². The minimum absolute atomic E-state index is 0.0506. The van der Waals surface area contributed by atoms with E-state index in [4.69, 9.17) is 0 Å². The standard InChI is InChI=1S/C23H23F3N4O2S/c1-16-7-8-18(17(2)15-16)20-9-10-22(28-27-20)29-11-13-30(14-12-29)33(31,32)21-6-4-3-5-19(21)23(24,25)26/h3-10,15H,11-14H2,1-2H3. The summed E-state index contributed by atoms with van der Waals surface area (Å²) >= 11 is 0. The number of nitrogens with zero attached hydrogens (tertiary/aromatic N) is 4. The summed E-state index contributed by atoms with van der Waals surface area (Å²) in [5, 5.41) is 8.61. The van der Waals surface area contributed by atoms with E-state index in [1.54, 1.807) is 0 Å². The van der Waals surface area contributed by atoms with Gasteiger partial charge in [-0.3, -0.25) is 0 Å². The summed E-state index contributed by atoms with van der Waals surface area (Å²) in [7, 11) is -4.28. The predicted molar refractivity (Wildman–Crippen MR) is 119 cm³/mol. The Morgan fingerprint density at radius 2 is 1.58 bits per heavy atom. The smallest absolute Gasteiger partial charge is 0.352 e. The van der Waals surface area contributed by atoms with E-state index in [0.717, 1.165) is 38.8 Å². The molecule has 6 nitrogen and oxygen atoms in total. The number of aromatic nitrogens is 2. The predicted octanol–water partition coefficient (Wildman–Crippen LogP) is 4.29. The van der Waals surface area contributed by atoms with Crippen LogP contribution in [0.15, 0.2) is 59.5 Å². The maximum Gasteiger partial charge on any atom is 0.417 e. The fourth-order valence-corrected chi connectivity index (χ4v) is 5.60. The van der Waals surface area contributed by atoms with E-state index >= 15 is 0 Å². The number of hydrogen-bond donors (Lipinski definition) is 0. The first-order valence-electron chi connectivity index (χ1n) is 10.4. The Morgan fingerprint density at radius 1 is 0.879 bits per heavy atom. The molecule has 2 heterocycles. The van der Waals surface area contributed by atoms with Gasteiger partial charge in [0.1, 0.15) is 0 Å². The molecular weight excluding hydrogens is 453 g/mol. The van der Waals surface area contributed by atoms with Crippen LogP contribution in [0.4, 0.5) is 19.0 Å². The highest BCUT2D eigenvalue weighted by molar-refractivity contribution is 7.89. The third kappa shape index (κ3) is 4.72. The Morgan fingerprint density at radius 3 is 2.18 bits per heavy atom. The Kier molecular flexibility index (Phi) is 6.15. The molecule has 1 saturated heterocycles. The molecule has 0 atom stereocenters. The minimum Gasteiger partial charge on any atom is -0.352 e. The van der Waals surface area contributed by atoms with Gasteiger partial charge in [-0.25, -0.2) is 8.42 Å². The number of rotatable bonds is 4. The van der Waals surface area contributed by atoms with Crippen molar-refractivity contribution in [3.63, 3.8) is 0 Å². The van der Waals surface area contributed by atoms with Crippen molar-refractivity contribution < 1.29 is 21.6 Å². The van der Waals surface area contributed by atoms with Crippen molar-refractivity contribution in [2.75, 3.05) is 31.1 Å². The van der Waals surface area contributed by atoms with Crippen molar-refractivity contribution >= 4 is 15.8 Å². The molecule has 2 aromatic carbocycles. The number of hydrogen-bond acceptors (Lipinski definition) is 5. The van der Waals surface area contributed by atoms with Crippen molar-refractivity contribution in [3.05, 3.63) is 71.3 Å². The highest BCUT2D eigenvalue weighted by Gasteiger charge is 2.39. The third-order valence-electron chi connectivity index (χ3n) is 5.68. The largest absolute Gasteiger partial charge is 0.417 e. The van der Waals surface area contributed by atoms with Crippen molar-refractivity contribution in [1.29, 1.82) is 0 Å². The van der Waals surface area contributed by atoms with Gasteiger partial charge in [0.25, 0.3) is 0 Å². The number of anilines is 1. The number of piperazine rings is 1. The van der Waals surface area contributed by atoms with E-state index in [1.807, 2.05) is 43.0 Å². The monoisotopic (exact) mass is 476 g/mol. The fourth-order valence-electron chi connectivity index (χ4n) is 3.96. The number of halogens is 3. The molecule has 0 amide bonds. The van der Waals surface area contributed by atoms with Gasteiger partial charge in [0.05, 0.1) is 16.2 Å². The first kappa shape index (κ1) is 23.2. The second-order valence-corrected chi connectivity index (χ2v) is 9.89. The molecule has 33 heavy (non-hydrogen) atoms. The zero-order chi connectivity index (χ0) is 23.8. The molecule has 1 aliphatic heterocycles. The summed E-state index contributed by atoms with van der Waals surface area (Å²) in [5.41, 5.74) is 2.82. The number of benzene rings is 2. The molecular formula is C23H23F3N4O2S. The molecule has 0 N–H and O–H groups in total. The molecule has 174 valence electrons. The Hall–Kier alpha value is -2.98. The molecule has 0 saturated carbocycles. The van der Waals surface area contributed by atoms with E-state index in [0.29, 0.717) is 18.9 Å². The van der Waals surface area contributed by atoms with Crippen molar-refractivity contribution in [1.82, 2.24) is 14.5 Å². The summed E-state index contributed by atoms with van der Waals surface area (Å²) in [5.74, 6) is 0.594. The fraction of sp³-hybridized carbons (Fsp3) is 0.304. The lowest BCUT2D eigenvalue weighted by atomic mass is 10.0. The topological polar surface area (TPSA) is 66.4 Å². The maximum absolute atomic E-state index is 13.3. The first-order chi connectivity index (χ1) is 15.6. The molecule has 1 aromatic heterocycles. The van der Waals surface area contributed by atoms with Crippen molar-refractivity contribution in [2.24, 2.45) is 0 Å². The zero-order valence-electron chi connectivity index (χ0n) is 18.2. The first-order valence-corrected chi connectivity index (χ1v) is 11.8. The van der Waals surface area contributed by atoms with Crippen LogP contribution in [0.5, 0.6) is 0 Å². The Balaban J connectivity index is 1.48. The van der Waals surface area contributed by atoms with Crippen molar-refractivity contribution in [2.45, 2.75) is 24.9 Å². The Labute approximate surface area is 190 Å². The minimum atomic E-state index is -4.75. The SMILES string of the molecule is Cc1ccc(-c2ccc(N3CCN(S(=O)(=O)c4ccccc4C(F)(F)F)CC3)nn2)c(C)c1. The van der Waals surface area contributed by atoms with Crippen LogP contribution in [-0.4, -0.2) is 49.1 Å². The summed E-state index contributed by atoms with van der Waals surface area (Å²) in [6.45, 7) is 4.72. The molecule has 3 aromatic rings. The van der Waals surface area contributed by atoms with Gasteiger partial charge in [-0.2, -0.15) is 17.5 Å². The summed E-state index contributed by atoms with van der Waals surface area (Å²) < 4.78 is 66.9. The Bertz CT molecular complexity index is 1250. The van der Waals surface area contributed by atoms with E-state index in [-0.39, 0.29) is 13.1 Å². The van der Waals surface area contributed by atoms with Gasteiger partial charge in [-0.1, -0.05) is 35.9 Å². The maximum atomic E-state index is 13.3. The van der Waals surface area contributed by atoms with Crippen LogP contribution in [0.1, 0.15) is 16.7 Å². The van der Waals surface area contributed by atoms with E-state index in [2.05, 4.69) is 16.3 Å². The molecule has 10 heteroatoms. The van der Waals surface area contributed by atoms with Gasteiger partial charge < -0.3 is 4.90 Å². The third-order valence-corrected chi connectivity index (χ3v) is 7.64. The average Bonchev–Trinajstić information content (AvgIpc) is 2.79. The summed E-state index contributed by atoms with van der Waals surface area (Å²) in [6, 6.07) is 14.0. The van der Waals surface area contributed by atoms with Gasteiger partial charge in [-0.15, -0.1) is 10.2 Å². The van der Waals surface area contributed by atoms with E-state index in [9.17, 15) is 21.6 Å². The molecule has 0 unspecified atom stereocenters. The molecule has 4 rings (SSSR count). The highest BCUT2D eigenvalue weighted by atomic mass is 32.2. The zero-order valence-corrected chi connectivity index (χ0v) is 19.0. The molecule has 0 radical (unpaired) electrons. The van der Waals surface area contributed by atoms with Gasteiger partial charge in [0.15, 0.2) is 5.82 Å². The molecule has 0 bridgehead atoms. The van der Waals surface area contributed by atoms with E-state index < -0.39 is 26.7 Å². The van der Waals surface area contributed by atoms with Crippen LogP contribution >= 0.6 is 0 Å². The highest BCUT2D eigenvalue weighted by Crippen LogP contribution is 2.35. The van der Waals surface area contributed by atoms with Crippen molar-refractivity contribution in [3.8, 4) is 11.3 Å². The summed E-state index contributed by atoms with van der Waals surface area (Å²) in [6.07, 6.45) is -4.75. The van der Waals surface area contributed by atoms with Crippen LogP contribution in [0.25, 0.3) is 11.3 Å². The molecule has 0 spiro atoms. The van der Waals surface area contributed by atoms with Gasteiger partial charge in [0, 0.05) is 31.7 Å². The van der Waals surface area contributed by atoms with Crippen LogP contribution in [-0.2, 0) is 16.2 Å². The average molecular weight is 477 g/mol. The number of alkyl halides is 3. The lowest BCUT2D eigenvalue weighted by Crippen LogP contribution is -2.49. The van der Waals surface area contributed by atoms with E-state index in [1.165, 1.54) is 12.1 Å². The lowest BCUT2D eigenvalue weighted by Gasteiger charge is -2.34. The molecule has 1 fully saturated rings. The second kappa shape index (κ2) is 8.75. The van der Waals surface area contributed by atoms with Crippen LogP contribution in [0.3, 0.4) is 0 Å². The van der Waals surface area contributed by atoms with Crippen LogP contribution < -0.4 is 4.90 Å². The normalized spacial score (nSPS) is 15.6. The van der Waals surface area contributed by atoms with Gasteiger partial charge >= 0.3 is 6.18 Å². The lowest BCUT2D eigenvalue weighted by molar-refractivity contribution is -0.139.